The maximum Gasteiger partial charge on any atom is 0.175 e. The van der Waals surface area contributed by atoms with Crippen molar-refractivity contribution in [2.24, 2.45) is 0 Å². The lowest BCUT2D eigenvalue weighted by Gasteiger charge is -2.15. The molecule has 1 heterocycles. The van der Waals surface area contributed by atoms with Gasteiger partial charge in [-0.25, -0.2) is 0 Å². The van der Waals surface area contributed by atoms with Gasteiger partial charge in [0.1, 0.15) is 0 Å². The molecule has 0 spiro atoms. The molecule has 1 N–H and O–H groups in total. The summed E-state index contributed by atoms with van der Waals surface area (Å²) >= 11 is 0. The summed E-state index contributed by atoms with van der Waals surface area (Å²) in [5.74, 6) is 0.104. The third-order valence-electron chi connectivity index (χ3n) is 3.23. The summed E-state index contributed by atoms with van der Waals surface area (Å²) in [7, 11) is 0. The molecule has 0 bridgehead atoms. The summed E-state index contributed by atoms with van der Waals surface area (Å²) < 4.78 is 0. The van der Waals surface area contributed by atoms with Crippen molar-refractivity contribution in [2.45, 2.75) is 19.8 Å². The number of carbonyl (C=O) groups is 1. The Hall–Kier alpha value is -1.83. The molecule has 0 atom stereocenters. The summed E-state index contributed by atoms with van der Waals surface area (Å²) in [4.78, 5) is 14.6. The molecule has 2 aromatic rings. The SMILES string of the molecule is CC(=O)c1cc2c([nH]1)-c1ccccc1CC2. The van der Waals surface area contributed by atoms with Gasteiger partial charge in [-0.05, 0) is 30.0 Å². The van der Waals surface area contributed by atoms with Gasteiger partial charge >= 0.3 is 0 Å². The highest BCUT2D eigenvalue weighted by atomic mass is 16.1. The van der Waals surface area contributed by atoms with E-state index in [1.54, 1.807) is 6.92 Å². The first-order valence-electron chi connectivity index (χ1n) is 5.57. The highest BCUT2D eigenvalue weighted by molar-refractivity contribution is 5.94. The zero-order chi connectivity index (χ0) is 11.1. The Morgan fingerprint density at radius 2 is 1.94 bits per heavy atom. The van der Waals surface area contributed by atoms with Crippen molar-refractivity contribution in [3.8, 4) is 11.3 Å². The molecule has 1 aromatic carbocycles. The third-order valence-corrected chi connectivity index (χ3v) is 3.23. The highest BCUT2D eigenvalue weighted by Crippen LogP contribution is 2.33. The number of hydrogen-bond donors (Lipinski definition) is 1. The number of aryl methyl sites for hydroxylation is 2. The maximum atomic E-state index is 11.3. The van der Waals surface area contributed by atoms with Gasteiger partial charge in [-0.3, -0.25) is 4.79 Å². The fourth-order valence-corrected chi connectivity index (χ4v) is 2.38. The fourth-order valence-electron chi connectivity index (χ4n) is 2.38. The Labute approximate surface area is 94.3 Å². The number of hydrogen-bond acceptors (Lipinski definition) is 1. The second kappa shape index (κ2) is 3.34. The molecule has 0 saturated carbocycles. The van der Waals surface area contributed by atoms with Gasteiger partial charge < -0.3 is 4.98 Å². The maximum absolute atomic E-state index is 11.3. The summed E-state index contributed by atoms with van der Waals surface area (Å²) in [6.45, 7) is 1.60. The minimum Gasteiger partial charge on any atom is -0.352 e. The van der Waals surface area contributed by atoms with Crippen LogP contribution in [0.5, 0.6) is 0 Å². The summed E-state index contributed by atoms with van der Waals surface area (Å²) in [5.41, 5.74) is 5.74. The van der Waals surface area contributed by atoms with Crippen molar-refractivity contribution >= 4 is 5.78 Å². The topological polar surface area (TPSA) is 32.9 Å². The Balaban J connectivity index is 2.20. The van der Waals surface area contributed by atoms with Gasteiger partial charge in [0.25, 0.3) is 0 Å². The lowest BCUT2D eigenvalue weighted by Crippen LogP contribution is -2.01. The van der Waals surface area contributed by atoms with Gasteiger partial charge in [-0.2, -0.15) is 0 Å². The number of aromatic nitrogens is 1. The van der Waals surface area contributed by atoms with Gasteiger partial charge in [-0.15, -0.1) is 0 Å². The molecule has 0 fully saturated rings. The van der Waals surface area contributed by atoms with E-state index in [-0.39, 0.29) is 5.78 Å². The molecule has 1 aromatic heterocycles. The second-order valence-corrected chi connectivity index (χ2v) is 4.30. The van der Waals surface area contributed by atoms with Crippen LogP contribution in [0, 0.1) is 0 Å². The number of nitrogens with one attached hydrogen (secondary N) is 1. The van der Waals surface area contributed by atoms with Crippen molar-refractivity contribution in [1.29, 1.82) is 0 Å². The van der Waals surface area contributed by atoms with Crippen molar-refractivity contribution in [1.82, 2.24) is 4.98 Å². The van der Waals surface area contributed by atoms with E-state index in [9.17, 15) is 4.79 Å². The van der Waals surface area contributed by atoms with E-state index < -0.39 is 0 Å². The van der Waals surface area contributed by atoms with Gasteiger partial charge in [0.15, 0.2) is 5.78 Å². The van der Waals surface area contributed by atoms with E-state index in [1.807, 2.05) is 12.1 Å². The van der Waals surface area contributed by atoms with E-state index in [0.717, 1.165) is 24.2 Å². The number of benzene rings is 1. The summed E-state index contributed by atoms with van der Waals surface area (Å²) in [5, 5.41) is 0. The molecule has 0 unspecified atom stereocenters. The molecule has 2 nitrogen and oxygen atoms in total. The normalized spacial score (nSPS) is 13.1. The third kappa shape index (κ3) is 1.30. The van der Waals surface area contributed by atoms with Crippen LogP contribution in [0.3, 0.4) is 0 Å². The highest BCUT2D eigenvalue weighted by Gasteiger charge is 2.18. The number of H-pyrrole nitrogens is 1. The minimum absolute atomic E-state index is 0.104. The van der Waals surface area contributed by atoms with Crippen molar-refractivity contribution in [3.05, 3.63) is 47.2 Å². The van der Waals surface area contributed by atoms with Crippen LogP contribution in [0.25, 0.3) is 11.3 Å². The lowest BCUT2D eigenvalue weighted by atomic mass is 9.90. The fraction of sp³-hybridized carbons (Fsp3) is 0.214. The van der Waals surface area contributed by atoms with E-state index in [1.165, 1.54) is 16.7 Å². The largest absolute Gasteiger partial charge is 0.352 e. The van der Waals surface area contributed by atoms with Crippen LogP contribution >= 0.6 is 0 Å². The predicted octanol–water partition coefficient (Wildman–Crippen LogP) is 2.98. The number of aromatic amines is 1. The summed E-state index contributed by atoms with van der Waals surface area (Å²) in [6, 6.07) is 10.4. The standard InChI is InChI=1S/C14H13NO/c1-9(16)13-8-11-7-6-10-4-2-3-5-12(10)14(11)15-13/h2-5,8,15H,6-7H2,1H3. The van der Waals surface area contributed by atoms with Crippen LogP contribution in [0.15, 0.2) is 30.3 Å². The predicted molar refractivity (Wildman–Crippen MR) is 63.6 cm³/mol. The lowest BCUT2D eigenvalue weighted by molar-refractivity contribution is 0.101. The van der Waals surface area contributed by atoms with Crippen LogP contribution in [0.1, 0.15) is 28.5 Å². The van der Waals surface area contributed by atoms with Gasteiger partial charge in [-0.1, -0.05) is 24.3 Å². The first-order valence-corrected chi connectivity index (χ1v) is 5.57. The average molecular weight is 211 g/mol. The molecule has 0 saturated heterocycles. The van der Waals surface area contributed by atoms with Crippen LogP contribution in [-0.2, 0) is 12.8 Å². The van der Waals surface area contributed by atoms with E-state index >= 15 is 0 Å². The monoisotopic (exact) mass is 211 g/mol. The van der Waals surface area contributed by atoms with E-state index in [2.05, 4.69) is 23.2 Å². The Morgan fingerprint density at radius 1 is 1.19 bits per heavy atom. The molecule has 80 valence electrons. The van der Waals surface area contributed by atoms with Crippen LogP contribution in [-0.4, -0.2) is 10.8 Å². The van der Waals surface area contributed by atoms with Crippen LogP contribution < -0.4 is 0 Å². The number of ketones is 1. The number of rotatable bonds is 1. The van der Waals surface area contributed by atoms with E-state index in [0.29, 0.717) is 0 Å². The molecule has 16 heavy (non-hydrogen) atoms. The molecule has 0 radical (unpaired) electrons. The first-order chi connectivity index (χ1) is 7.75. The first kappa shape index (κ1) is 9.40. The number of fused-ring (bicyclic) bond motifs is 3. The molecular formula is C14H13NO. The molecular weight excluding hydrogens is 198 g/mol. The molecule has 2 heteroatoms. The van der Waals surface area contributed by atoms with Gasteiger partial charge in [0.05, 0.1) is 5.69 Å². The zero-order valence-corrected chi connectivity index (χ0v) is 9.21. The zero-order valence-electron chi connectivity index (χ0n) is 9.21. The minimum atomic E-state index is 0.104. The second-order valence-electron chi connectivity index (χ2n) is 4.30. The number of Topliss-reactive ketones (excluding diaryl/α,β-unsaturated/α-hetero) is 1. The Morgan fingerprint density at radius 3 is 2.75 bits per heavy atom. The van der Waals surface area contributed by atoms with Crippen LogP contribution in [0.4, 0.5) is 0 Å². The molecule has 3 rings (SSSR count). The Kier molecular flexibility index (Phi) is 1.96. The van der Waals surface area contributed by atoms with Crippen molar-refractivity contribution in [3.63, 3.8) is 0 Å². The van der Waals surface area contributed by atoms with Gasteiger partial charge in [0, 0.05) is 18.2 Å². The van der Waals surface area contributed by atoms with Crippen molar-refractivity contribution in [2.75, 3.05) is 0 Å². The molecule has 0 amide bonds. The molecule has 1 aliphatic carbocycles. The summed E-state index contributed by atoms with van der Waals surface area (Å²) in [6.07, 6.45) is 2.09. The van der Waals surface area contributed by atoms with Crippen molar-refractivity contribution < 1.29 is 4.79 Å². The van der Waals surface area contributed by atoms with Crippen LogP contribution in [0.2, 0.25) is 0 Å². The Bertz CT molecular complexity index is 566. The van der Waals surface area contributed by atoms with E-state index in [4.69, 9.17) is 0 Å². The quantitative estimate of drug-likeness (QED) is 0.723. The van der Waals surface area contributed by atoms with Gasteiger partial charge in [0.2, 0.25) is 0 Å². The molecule has 0 aliphatic heterocycles. The average Bonchev–Trinajstić information content (AvgIpc) is 2.73. The smallest absolute Gasteiger partial charge is 0.175 e. The number of carbonyl (C=O) groups excluding carboxylic acids is 1. The molecule has 1 aliphatic rings.